The maximum absolute atomic E-state index is 12.3. The summed E-state index contributed by atoms with van der Waals surface area (Å²) in [5.74, 6) is -0.286. The first-order valence-corrected chi connectivity index (χ1v) is 13.6. The molecule has 216 valence electrons. The largest absolute Gasteiger partial charge is 0.494 e. The van der Waals surface area contributed by atoms with Crippen LogP contribution in [-0.2, 0) is 14.3 Å². The fourth-order valence-corrected chi connectivity index (χ4v) is 3.65. The van der Waals surface area contributed by atoms with E-state index in [1.165, 1.54) is 18.2 Å². The quantitative estimate of drug-likeness (QED) is 0.0772. The number of carbonyl (C=O) groups is 3. The van der Waals surface area contributed by atoms with Crippen LogP contribution >= 0.6 is 0 Å². The van der Waals surface area contributed by atoms with Gasteiger partial charge in [-0.3, -0.25) is 0 Å². The number of hydrogen-bond donors (Lipinski definition) is 2. The van der Waals surface area contributed by atoms with Gasteiger partial charge in [-0.05, 0) is 91.9 Å². The first-order valence-electron chi connectivity index (χ1n) is 13.6. The summed E-state index contributed by atoms with van der Waals surface area (Å²) in [7, 11) is 0. The molecule has 0 aliphatic rings. The number of nitrogens with two attached hydrogens (primary N) is 2. The molecule has 0 aromatic heterocycles. The van der Waals surface area contributed by atoms with Gasteiger partial charge >= 0.3 is 17.9 Å². The summed E-state index contributed by atoms with van der Waals surface area (Å²) in [6.45, 7) is 3.24. The van der Waals surface area contributed by atoms with Crippen molar-refractivity contribution in [1.29, 1.82) is 0 Å². The van der Waals surface area contributed by atoms with E-state index in [1.54, 1.807) is 60.7 Å². The van der Waals surface area contributed by atoms with Crippen LogP contribution in [0.25, 0.3) is 6.08 Å². The molecule has 0 fully saturated rings. The molecule has 3 aromatic rings. The van der Waals surface area contributed by atoms with Crippen LogP contribution in [0.5, 0.6) is 11.5 Å². The average Bonchev–Trinajstić information content (AvgIpc) is 2.96. The third-order valence-electron chi connectivity index (χ3n) is 5.84. The smallest absolute Gasteiger partial charge is 0.338 e. The Bertz CT molecular complexity index is 1300. The lowest BCUT2D eigenvalue weighted by atomic mass is 10.1. The Morgan fingerprint density at radius 3 is 1.88 bits per heavy atom. The van der Waals surface area contributed by atoms with Crippen LogP contribution in [0.15, 0.2) is 72.8 Å². The second kappa shape index (κ2) is 16.3. The van der Waals surface area contributed by atoms with Gasteiger partial charge in [-0.1, -0.05) is 25.5 Å². The summed E-state index contributed by atoms with van der Waals surface area (Å²) >= 11 is 0. The van der Waals surface area contributed by atoms with Crippen molar-refractivity contribution in [3.8, 4) is 11.5 Å². The molecule has 0 bridgehead atoms. The summed E-state index contributed by atoms with van der Waals surface area (Å²) in [5.41, 5.74) is 13.6. The minimum atomic E-state index is -0.516. The highest BCUT2D eigenvalue weighted by Crippen LogP contribution is 2.19. The lowest BCUT2D eigenvalue weighted by Gasteiger charge is -2.07. The SMILES string of the molecule is CCCCOc1ccc(OC(=O)/C=C/c2ccc(C(=O)OCCCCCOC(=O)c3cc(N)cc(N)c3)cc2)cc1. The number of rotatable bonds is 15. The molecular formula is C32H36N2O7. The first-order chi connectivity index (χ1) is 19.8. The maximum Gasteiger partial charge on any atom is 0.338 e. The molecule has 3 rings (SSSR count). The van der Waals surface area contributed by atoms with Crippen LogP contribution in [0.3, 0.4) is 0 Å². The molecule has 3 aromatic carbocycles. The van der Waals surface area contributed by atoms with E-state index < -0.39 is 17.9 Å². The van der Waals surface area contributed by atoms with E-state index >= 15 is 0 Å². The zero-order chi connectivity index (χ0) is 29.5. The molecular weight excluding hydrogens is 524 g/mol. The van der Waals surface area contributed by atoms with E-state index in [9.17, 15) is 14.4 Å². The molecule has 0 atom stereocenters. The molecule has 4 N–H and O–H groups in total. The van der Waals surface area contributed by atoms with Crippen molar-refractivity contribution in [3.05, 3.63) is 89.5 Å². The third-order valence-corrected chi connectivity index (χ3v) is 5.84. The number of hydrogen-bond acceptors (Lipinski definition) is 9. The highest BCUT2D eigenvalue weighted by molar-refractivity contribution is 5.92. The zero-order valence-electron chi connectivity index (χ0n) is 23.2. The number of esters is 3. The minimum absolute atomic E-state index is 0.240. The molecule has 0 aliphatic carbocycles. The van der Waals surface area contributed by atoms with Crippen LogP contribution in [0.4, 0.5) is 11.4 Å². The number of benzene rings is 3. The molecule has 0 amide bonds. The standard InChI is InChI=1S/C32H36N2O7/c1-2-3-17-38-28-12-14-29(15-13-28)41-30(35)16-9-23-7-10-24(11-8-23)31(36)39-18-5-4-6-19-40-32(37)25-20-26(33)22-27(34)21-25/h7-16,20-22H,2-6,17-19,33-34H2,1H3/b16-9+. The van der Waals surface area contributed by atoms with Gasteiger partial charge in [-0.25, -0.2) is 14.4 Å². The predicted octanol–water partition coefficient (Wildman–Crippen LogP) is 5.83. The number of ether oxygens (including phenoxy) is 4. The van der Waals surface area contributed by atoms with Crippen LogP contribution in [-0.4, -0.2) is 37.7 Å². The van der Waals surface area contributed by atoms with Gasteiger partial charge in [0.1, 0.15) is 11.5 Å². The molecule has 9 heteroatoms. The van der Waals surface area contributed by atoms with E-state index in [0.29, 0.717) is 47.7 Å². The Kier molecular flexibility index (Phi) is 12.3. The highest BCUT2D eigenvalue weighted by Gasteiger charge is 2.10. The Morgan fingerprint density at radius 1 is 0.683 bits per heavy atom. The molecule has 0 radical (unpaired) electrons. The molecule has 9 nitrogen and oxygen atoms in total. The van der Waals surface area contributed by atoms with E-state index in [4.69, 9.17) is 30.4 Å². The second-order valence-electron chi connectivity index (χ2n) is 9.27. The van der Waals surface area contributed by atoms with Crippen LogP contribution < -0.4 is 20.9 Å². The predicted molar refractivity (Wildman–Crippen MR) is 158 cm³/mol. The molecule has 0 aliphatic heterocycles. The number of carbonyl (C=O) groups excluding carboxylic acids is 3. The normalized spacial score (nSPS) is 10.8. The molecule has 0 heterocycles. The number of nitrogen functional groups attached to an aromatic ring is 2. The Labute approximate surface area is 240 Å². The molecule has 0 saturated heterocycles. The summed E-state index contributed by atoms with van der Waals surface area (Å²) in [4.78, 5) is 36.5. The van der Waals surface area contributed by atoms with Crippen molar-refractivity contribution in [2.75, 3.05) is 31.3 Å². The van der Waals surface area contributed by atoms with E-state index in [0.717, 1.165) is 30.6 Å². The van der Waals surface area contributed by atoms with Gasteiger partial charge < -0.3 is 30.4 Å². The van der Waals surface area contributed by atoms with Crippen LogP contribution in [0.1, 0.15) is 65.3 Å². The van der Waals surface area contributed by atoms with Crippen LogP contribution in [0, 0.1) is 0 Å². The molecule has 41 heavy (non-hydrogen) atoms. The topological polar surface area (TPSA) is 140 Å². The van der Waals surface area contributed by atoms with Crippen molar-refractivity contribution in [2.45, 2.75) is 39.0 Å². The number of unbranched alkanes of at least 4 members (excludes halogenated alkanes) is 3. The maximum atomic E-state index is 12.3. The highest BCUT2D eigenvalue weighted by atomic mass is 16.5. The third kappa shape index (κ3) is 11.1. The summed E-state index contributed by atoms with van der Waals surface area (Å²) in [5, 5.41) is 0. The van der Waals surface area contributed by atoms with Gasteiger partial charge in [0.15, 0.2) is 0 Å². The van der Waals surface area contributed by atoms with Gasteiger partial charge in [-0.2, -0.15) is 0 Å². The monoisotopic (exact) mass is 560 g/mol. The average molecular weight is 561 g/mol. The van der Waals surface area contributed by atoms with Crippen molar-refractivity contribution in [3.63, 3.8) is 0 Å². The van der Waals surface area contributed by atoms with Crippen molar-refractivity contribution >= 4 is 35.4 Å². The van der Waals surface area contributed by atoms with Gasteiger partial charge in [-0.15, -0.1) is 0 Å². The van der Waals surface area contributed by atoms with Gasteiger partial charge in [0.05, 0.1) is 30.9 Å². The van der Waals surface area contributed by atoms with Crippen molar-refractivity contribution < 1.29 is 33.3 Å². The Hall–Kier alpha value is -4.79. The summed E-state index contributed by atoms with van der Waals surface area (Å²) in [6.07, 6.45) is 6.94. The molecule has 0 saturated carbocycles. The fourth-order valence-electron chi connectivity index (χ4n) is 3.65. The van der Waals surface area contributed by atoms with Crippen LogP contribution in [0.2, 0.25) is 0 Å². The fraction of sp³-hybridized carbons (Fsp3) is 0.281. The van der Waals surface area contributed by atoms with Gasteiger partial charge in [0.2, 0.25) is 0 Å². The zero-order valence-corrected chi connectivity index (χ0v) is 23.2. The minimum Gasteiger partial charge on any atom is -0.494 e. The summed E-state index contributed by atoms with van der Waals surface area (Å²) in [6, 6.07) is 18.2. The first kappa shape index (κ1) is 30.7. The summed E-state index contributed by atoms with van der Waals surface area (Å²) < 4.78 is 21.5. The van der Waals surface area contributed by atoms with Crippen molar-refractivity contribution in [2.24, 2.45) is 0 Å². The van der Waals surface area contributed by atoms with E-state index in [2.05, 4.69) is 6.92 Å². The van der Waals surface area contributed by atoms with Gasteiger partial charge in [0, 0.05) is 17.5 Å². The van der Waals surface area contributed by atoms with E-state index in [1.807, 2.05) is 0 Å². The van der Waals surface area contributed by atoms with Gasteiger partial charge in [0.25, 0.3) is 0 Å². The van der Waals surface area contributed by atoms with E-state index in [-0.39, 0.29) is 13.2 Å². The molecule has 0 unspecified atom stereocenters. The van der Waals surface area contributed by atoms with Crippen molar-refractivity contribution in [1.82, 2.24) is 0 Å². The molecule has 0 spiro atoms. The Balaban J connectivity index is 1.31. The Morgan fingerprint density at radius 2 is 1.27 bits per heavy atom. The second-order valence-corrected chi connectivity index (χ2v) is 9.27. The lowest BCUT2D eigenvalue weighted by Crippen LogP contribution is -2.09. The lowest BCUT2D eigenvalue weighted by molar-refractivity contribution is -0.128. The number of anilines is 2.